The number of hydrogen-bond acceptors (Lipinski definition) is 5. The Bertz CT molecular complexity index is 1640. The van der Waals surface area contributed by atoms with Crippen molar-refractivity contribution in [2.45, 2.75) is 44.8 Å². The second-order valence-corrected chi connectivity index (χ2v) is 11.7. The van der Waals surface area contributed by atoms with Gasteiger partial charge in [-0.05, 0) is 56.0 Å². The van der Waals surface area contributed by atoms with E-state index in [1.165, 1.54) is 28.4 Å². The van der Waals surface area contributed by atoms with Crippen LogP contribution in [0.5, 0.6) is 0 Å². The van der Waals surface area contributed by atoms with Crippen molar-refractivity contribution < 1.29 is 27.6 Å². The number of ketones is 1. The summed E-state index contributed by atoms with van der Waals surface area (Å²) < 4.78 is 39.3. The maximum absolute atomic E-state index is 13.7. The minimum atomic E-state index is -4.44. The van der Waals surface area contributed by atoms with Crippen LogP contribution in [-0.2, 0) is 6.18 Å². The van der Waals surface area contributed by atoms with Gasteiger partial charge in [-0.1, -0.05) is 60.7 Å². The molecule has 228 valence electrons. The zero-order valence-corrected chi connectivity index (χ0v) is 25.2. The number of rotatable bonds is 8. The average molecular weight is 620 g/mol. The fourth-order valence-electron chi connectivity index (χ4n) is 5.59. The van der Waals surface area contributed by atoms with Gasteiger partial charge in [-0.15, -0.1) is 11.3 Å². The van der Waals surface area contributed by atoms with Crippen LogP contribution < -0.4 is 0 Å². The molecule has 1 fully saturated rings. The molecule has 5 rings (SSSR count). The molecule has 0 spiro atoms. The SMILES string of the molecule is CCN(C(=O)c1csc(C2CCCN(C(=O)c3ccccc3-c3ccc(C(F)(F)F)cc3)C2)n1)C(C)C(=O)c1ccccc1. The third-order valence-corrected chi connectivity index (χ3v) is 8.99. The van der Waals surface area contributed by atoms with Crippen molar-refractivity contribution in [1.29, 1.82) is 0 Å². The lowest BCUT2D eigenvalue weighted by Gasteiger charge is -2.32. The summed E-state index contributed by atoms with van der Waals surface area (Å²) in [5.41, 5.74) is 1.57. The Labute approximate surface area is 258 Å². The van der Waals surface area contributed by atoms with Crippen molar-refractivity contribution in [3.8, 4) is 11.1 Å². The lowest BCUT2D eigenvalue weighted by atomic mass is 9.95. The van der Waals surface area contributed by atoms with Gasteiger partial charge in [-0.25, -0.2) is 4.98 Å². The van der Waals surface area contributed by atoms with Crippen LogP contribution in [0.25, 0.3) is 11.1 Å². The van der Waals surface area contributed by atoms with Gasteiger partial charge in [0.25, 0.3) is 11.8 Å². The lowest BCUT2D eigenvalue weighted by Crippen LogP contribution is -2.43. The van der Waals surface area contributed by atoms with Gasteiger partial charge in [0.2, 0.25) is 0 Å². The predicted molar refractivity (Wildman–Crippen MR) is 164 cm³/mol. The van der Waals surface area contributed by atoms with Crippen LogP contribution in [0, 0.1) is 0 Å². The summed E-state index contributed by atoms with van der Waals surface area (Å²) in [6.45, 7) is 4.83. The molecule has 1 aromatic heterocycles. The molecule has 2 unspecified atom stereocenters. The monoisotopic (exact) mass is 619 g/mol. The molecule has 0 bridgehead atoms. The maximum Gasteiger partial charge on any atom is 0.416 e. The molecule has 10 heteroatoms. The number of likely N-dealkylation sites (N-methyl/N-ethyl adjacent to an activating group) is 1. The van der Waals surface area contributed by atoms with Gasteiger partial charge < -0.3 is 9.80 Å². The standard InChI is InChI=1S/C34H32F3N3O3S/c1-3-40(22(2)30(41)24-10-5-4-6-11-24)33(43)29-21-44-31(38-29)25-12-9-19-39(20-25)32(42)28-14-8-7-13-27(28)23-15-17-26(18-16-23)34(35,36)37/h4-8,10-11,13-18,21-22,25H,3,9,12,19-20H2,1-2H3. The second kappa shape index (κ2) is 13.1. The molecule has 0 radical (unpaired) electrons. The summed E-state index contributed by atoms with van der Waals surface area (Å²) in [7, 11) is 0. The van der Waals surface area contributed by atoms with E-state index in [9.17, 15) is 27.6 Å². The van der Waals surface area contributed by atoms with Crippen LogP contribution in [0.3, 0.4) is 0 Å². The number of carbonyl (C=O) groups excluding carboxylic acids is 3. The largest absolute Gasteiger partial charge is 0.416 e. The fourth-order valence-corrected chi connectivity index (χ4v) is 6.51. The van der Waals surface area contributed by atoms with Crippen LogP contribution in [0.2, 0.25) is 0 Å². The topological polar surface area (TPSA) is 70.6 Å². The molecule has 6 nitrogen and oxygen atoms in total. The number of aromatic nitrogens is 1. The molecular weight excluding hydrogens is 587 g/mol. The molecule has 0 aliphatic carbocycles. The van der Waals surface area contributed by atoms with Crippen molar-refractivity contribution in [3.63, 3.8) is 0 Å². The van der Waals surface area contributed by atoms with Crippen molar-refractivity contribution in [2.24, 2.45) is 0 Å². The minimum absolute atomic E-state index is 0.0732. The summed E-state index contributed by atoms with van der Waals surface area (Å²) in [5.74, 6) is -0.741. The highest BCUT2D eigenvalue weighted by Gasteiger charge is 2.32. The summed E-state index contributed by atoms with van der Waals surface area (Å²) in [5, 5.41) is 2.46. The van der Waals surface area contributed by atoms with Crippen LogP contribution in [0.4, 0.5) is 13.2 Å². The maximum atomic E-state index is 13.7. The molecular formula is C34H32F3N3O3S. The minimum Gasteiger partial charge on any atom is -0.338 e. The Morgan fingerprint density at radius 2 is 1.68 bits per heavy atom. The van der Waals surface area contributed by atoms with Crippen molar-refractivity contribution in [1.82, 2.24) is 14.8 Å². The van der Waals surface area contributed by atoms with Gasteiger partial charge in [0, 0.05) is 42.1 Å². The van der Waals surface area contributed by atoms with Crippen LogP contribution >= 0.6 is 11.3 Å². The van der Waals surface area contributed by atoms with Gasteiger partial charge in [-0.3, -0.25) is 14.4 Å². The van der Waals surface area contributed by atoms with Gasteiger partial charge >= 0.3 is 6.18 Å². The van der Waals surface area contributed by atoms with E-state index in [0.717, 1.165) is 30.0 Å². The first-order valence-electron chi connectivity index (χ1n) is 14.5. The van der Waals surface area contributed by atoms with E-state index in [4.69, 9.17) is 0 Å². The quantitative estimate of drug-likeness (QED) is 0.191. The first-order chi connectivity index (χ1) is 21.1. The molecule has 2 amide bonds. The van der Waals surface area contributed by atoms with Gasteiger partial charge in [-0.2, -0.15) is 13.2 Å². The number of carbonyl (C=O) groups is 3. The summed E-state index contributed by atoms with van der Waals surface area (Å²) in [6.07, 6.45) is -2.90. The molecule has 0 saturated carbocycles. The van der Waals surface area contributed by atoms with E-state index in [1.807, 2.05) is 13.0 Å². The van der Waals surface area contributed by atoms with Crippen molar-refractivity contribution >= 4 is 28.9 Å². The van der Waals surface area contributed by atoms with Crippen LogP contribution in [-0.4, -0.2) is 58.1 Å². The number of halogens is 3. The zero-order valence-electron chi connectivity index (χ0n) is 24.4. The molecule has 2 atom stereocenters. The first-order valence-corrected chi connectivity index (χ1v) is 15.4. The zero-order chi connectivity index (χ0) is 31.4. The molecule has 1 aliphatic rings. The molecule has 0 N–H and O–H groups in total. The van der Waals surface area contributed by atoms with Gasteiger partial charge in [0.05, 0.1) is 16.6 Å². The number of alkyl halides is 3. The Kier molecular flexibility index (Phi) is 9.29. The fraction of sp³-hybridized carbons (Fsp3) is 0.294. The number of hydrogen-bond donors (Lipinski definition) is 0. The number of benzene rings is 3. The molecule has 3 aromatic carbocycles. The Balaban J connectivity index is 1.30. The van der Waals surface area contributed by atoms with E-state index in [0.29, 0.717) is 41.9 Å². The first kappa shape index (κ1) is 31.1. The highest BCUT2D eigenvalue weighted by Crippen LogP contribution is 2.34. The number of piperidine rings is 1. The third-order valence-electron chi connectivity index (χ3n) is 7.99. The van der Waals surface area contributed by atoms with Crippen LogP contribution in [0.15, 0.2) is 84.2 Å². The average Bonchev–Trinajstić information content (AvgIpc) is 3.55. The number of amides is 2. The Hall–Kier alpha value is -4.31. The second-order valence-electron chi connectivity index (χ2n) is 10.8. The lowest BCUT2D eigenvalue weighted by molar-refractivity contribution is -0.137. The normalized spacial score (nSPS) is 15.9. The summed E-state index contributed by atoms with van der Waals surface area (Å²) in [6, 6.07) is 19.9. The molecule has 1 aliphatic heterocycles. The number of Topliss-reactive ketones (excluding diaryl/α,β-unsaturated/α-hetero) is 1. The van der Waals surface area contributed by atoms with Crippen molar-refractivity contribution in [2.75, 3.05) is 19.6 Å². The highest BCUT2D eigenvalue weighted by molar-refractivity contribution is 7.09. The Morgan fingerprint density at radius 3 is 2.36 bits per heavy atom. The number of likely N-dealkylation sites (tertiary alicyclic amines) is 1. The van der Waals surface area contributed by atoms with E-state index in [2.05, 4.69) is 4.98 Å². The van der Waals surface area contributed by atoms with E-state index >= 15 is 0 Å². The van der Waals surface area contributed by atoms with Gasteiger partial charge in [0.15, 0.2) is 5.78 Å². The number of nitrogens with zero attached hydrogens (tertiary/aromatic N) is 3. The third kappa shape index (κ3) is 6.60. The predicted octanol–water partition coefficient (Wildman–Crippen LogP) is 7.58. The van der Waals surface area contributed by atoms with Crippen molar-refractivity contribution in [3.05, 3.63) is 112 Å². The molecule has 1 saturated heterocycles. The highest BCUT2D eigenvalue weighted by atomic mass is 32.1. The Morgan fingerprint density at radius 1 is 1.00 bits per heavy atom. The number of thiazole rings is 1. The summed E-state index contributed by atoms with van der Waals surface area (Å²) >= 11 is 1.37. The molecule has 4 aromatic rings. The van der Waals surface area contributed by atoms with E-state index in [-0.39, 0.29) is 29.2 Å². The smallest absolute Gasteiger partial charge is 0.338 e. The summed E-state index contributed by atoms with van der Waals surface area (Å²) in [4.78, 5) is 48.1. The molecule has 2 heterocycles. The van der Waals surface area contributed by atoms with E-state index in [1.54, 1.807) is 65.7 Å². The van der Waals surface area contributed by atoms with E-state index < -0.39 is 17.8 Å². The van der Waals surface area contributed by atoms with Gasteiger partial charge in [0.1, 0.15) is 5.69 Å². The molecule has 44 heavy (non-hydrogen) atoms. The van der Waals surface area contributed by atoms with Crippen LogP contribution in [0.1, 0.15) is 74.4 Å².